The molecule has 9 atom stereocenters. The van der Waals surface area contributed by atoms with Crippen LogP contribution < -0.4 is 0 Å². The fourth-order valence-corrected chi connectivity index (χ4v) is 8.76. The maximum absolute atomic E-state index is 11.4. The number of ether oxygens (including phenoxy) is 1. The Morgan fingerprint density at radius 1 is 1.00 bits per heavy atom. The topological polar surface area (TPSA) is 26.3 Å². The van der Waals surface area contributed by atoms with Crippen LogP contribution in [0.5, 0.6) is 0 Å². The Hall–Kier alpha value is -0.790. The number of allylic oxidation sites excluding steroid dienone is 2. The van der Waals surface area contributed by atoms with Crippen molar-refractivity contribution in [1.29, 1.82) is 0 Å². The van der Waals surface area contributed by atoms with E-state index in [4.69, 9.17) is 4.74 Å². The molecule has 0 aromatic carbocycles. The number of carbonyl (C=O) groups excluding carboxylic acids is 1. The fraction of sp³-hybridized carbons (Fsp3) is 0.893. The molecular formula is C28H46O2. The zero-order chi connectivity index (χ0) is 21.5. The number of hydrogen-bond donors (Lipinski definition) is 0. The lowest BCUT2D eigenvalue weighted by atomic mass is 9.49. The van der Waals surface area contributed by atoms with Gasteiger partial charge >= 0.3 is 5.97 Å². The Morgan fingerprint density at radius 2 is 1.77 bits per heavy atom. The van der Waals surface area contributed by atoms with Crippen LogP contribution in [0.3, 0.4) is 0 Å². The quantitative estimate of drug-likeness (QED) is 0.345. The van der Waals surface area contributed by atoms with E-state index in [9.17, 15) is 4.79 Å². The van der Waals surface area contributed by atoms with E-state index in [1.165, 1.54) is 51.4 Å². The maximum Gasteiger partial charge on any atom is 0.302 e. The zero-order valence-corrected chi connectivity index (χ0v) is 20.2. The van der Waals surface area contributed by atoms with Gasteiger partial charge in [0.2, 0.25) is 0 Å². The number of hydrogen-bond acceptors (Lipinski definition) is 2. The summed E-state index contributed by atoms with van der Waals surface area (Å²) in [6.45, 7) is 11.4. The second kappa shape index (κ2) is 8.99. The van der Waals surface area contributed by atoms with Crippen LogP contribution >= 0.6 is 0 Å². The van der Waals surface area contributed by atoms with Crippen molar-refractivity contribution in [3.05, 3.63) is 12.2 Å². The molecule has 4 aliphatic carbocycles. The van der Waals surface area contributed by atoms with Crippen LogP contribution in [0, 0.1) is 52.8 Å². The summed E-state index contributed by atoms with van der Waals surface area (Å²) in [4.78, 5) is 11.4. The lowest BCUT2D eigenvalue weighted by molar-refractivity contribution is -0.152. The van der Waals surface area contributed by atoms with Crippen LogP contribution in [0.1, 0.15) is 98.8 Å². The van der Waals surface area contributed by atoms with Crippen molar-refractivity contribution in [2.45, 2.75) is 105 Å². The van der Waals surface area contributed by atoms with Crippen LogP contribution in [-0.2, 0) is 9.53 Å². The standard InChI is InChI=1S/C28H46O2/c1-18(2)7-6-8-19(3)26-13-14-27-25-11-9-21-17-22(30-20(4)29)10-12-23(21)24(25)15-16-28(26,27)5/h6,8,18-19,21-27H,7,9-17H2,1-5H3/b8-6+/t19-,21+,22+,23-,24+,25-,26-,27+,28-/m1/s1. The average Bonchev–Trinajstić information content (AvgIpc) is 3.04. The molecule has 0 aromatic rings. The molecule has 0 spiro atoms. The number of esters is 1. The first-order valence-corrected chi connectivity index (χ1v) is 13.1. The predicted octanol–water partition coefficient (Wildman–Crippen LogP) is 7.43. The Morgan fingerprint density at radius 3 is 2.50 bits per heavy atom. The first kappa shape index (κ1) is 22.4. The Bertz CT molecular complexity index is 637. The summed E-state index contributed by atoms with van der Waals surface area (Å²) in [6.07, 6.45) is 18.6. The first-order chi connectivity index (χ1) is 14.3. The molecular weight excluding hydrogens is 368 g/mol. The maximum atomic E-state index is 11.4. The van der Waals surface area contributed by atoms with E-state index in [0.29, 0.717) is 5.41 Å². The van der Waals surface area contributed by atoms with Gasteiger partial charge in [-0.2, -0.15) is 0 Å². The van der Waals surface area contributed by atoms with Crippen LogP contribution in [0.15, 0.2) is 12.2 Å². The number of rotatable bonds is 5. The molecule has 0 amide bonds. The largest absolute Gasteiger partial charge is 0.463 e. The van der Waals surface area contributed by atoms with E-state index in [2.05, 4.69) is 39.8 Å². The minimum absolute atomic E-state index is 0.0888. The van der Waals surface area contributed by atoms with Gasteiger partial charge < -0.3 is 4.74 Å². The van der Waals surface area contributed by atoms with Crippen molar-refractivity contribution in [2.24, 2.45) is 52.8 Å². The highest BCUT2D eigenvalue weighted by Crippen LogP contribution is 2.65. The van der Waals surface area contributed by atoms with Gasteiger partial charge in [-0.25, -0.2) is 0 Å². The van der Waals surface area contributed by atoms with E-state index < -0.39 is 0 Å². The lowest BCUT2D eigenvalue weighted by Gasteiger charge is -2.56. The molecule has 170 valence electrons. The van der Waals surface area contributed by atoms with Crippen molar-refractivity contribution in [1.82, 2.24) is 0 Å². The van der Waals surface area contributed by atoms with Crippen molar-refractivity contribution < 1.29 is 9.53 Å². The molecule has 0 saturated heterocycles. The monoisotopic (exact) mass is 414 g/mol. The van der Waals surface area contributed by atoms with E-state index in [0.717, 1.165) is 60.2 Å². The second-order valence-electron chi connectivity index (χ2n) is 12.1. The third-order valence-electron chi connectivity index (χ3n) is 9.99. The van der Waals surface area contributed by atoms with Crippen LogP contribution in [0.25, 0.3) is 0 Å². The van der Waals surface area contributed by atoms with Gasteiger partial charge in [-0.05, 0) is 117 Å². The van der Waals surface area contributed by atoms with Crippen LogP contribution in [0.4, 0.5) is 0 Å². The SMILES string of the molecule is CC(=O)O[C@H]1CC[C@@H]2[C@@H](CC[C@@H]3[C@H]2CC[C@]2(C)[C@@H]([C@H](C)/C=C/CC(C)C)CC[C@@H]32)C1. The van der Waals surface area contributed by atoms with Gasteiger partial charge in [0.25, 0.3) is 0 Å². The van der Waals surface area contributed by atoms with E-state index in [1.54, 1.807) is 6.92 Å². The second-order valence-corrected chi connectivity index (χ2v) is 12.1. The Kier molecular flexibility index (Phi) is 6.71. The normalized spacial score (nSPS) is 44.4. The predicted molar refractivity (Wildman–Crippen MR) is 124 cm³/mol. The Labute approximate surface area is 185 Å². The lowest BCUT2D eigenvalue weighted by Crippen LogP contribution is -2.49. The number of fused-ring (bicyclic) bond motifs is 5. The van der Waals surface area contributed by atoms with Crippen molar-refractivity contribution in [2.75, 3.05) is 0 Å². The molecule has 4 fully saturated rings. The minimum Gasteiger partial charge on any atom is -0.463 e. The highest BCUT2D eigenvalue weighted by Gasteiger charge is 2.57. The highest BCUT2D eigenvalue weighted by atomic mass is 16.5. The first-order valence-electron chi connectivity index (χ1n) is 13.1. The van der Waals surface area contributed by atoms with E-state index >= 15 is 0 Å². The Balaban J connectivity index is 1.42. The zero-order valence-electron chi connectivity index (χ0n) is 20.2. The summed E-state index contributed by atoms with van der Waals surface area (Å²) in [5.74, 6) is 6.87. The fourth-order valence-electron chi connectivity index (χ4n) is 8.76. The van der Waals surface area contributed by atoms with Gasteiger partial charge in [0.1, 0.15) is 6.10 Å². The molecule has 0 radical (unpaired) electrons. The smallest absolute Gasteiger partial charge is 0.302 e. The molecule has 0 unspecified atom stereocenters. The molecule has 0 aliphatic heterocycles. The third kappa shape index (κ3) is 4.26. The average molecular weight is 415 g/mol. The summed E-state index contributed by atoms with van der Waals surface area (Å²) < 4.78 is 5.60. The molecule has 4 rings (SSSR count). The molecule has 0 aromatic heterocycles. The summed E-state index contributed by atoms with van der Waals surface area (Å²) in [5, 5.41) is 0. The van der Waals surface area contributed by atoms with Gasteiger partial charge in [0.15, 0.2) is 0 Å². The summed E-state index contributed by atoms with van der Waals surface area (Å²) >= 11 is 0. The summed E-state index contributed by atoms with van der Waals surface area (Å²) in [7, 11) is 0. The molecule has 0 bridgehead atoms. The third-order valence-corrected chi connectivity index (χ3v) is 9.99. The molecule has 2 nitrogen and oxygen atoms in total. The molecule has 4 aliphatic rings. The van der Waals surface area contributed by atoms with Crippen LogP contribution in [-0.4, -0.2) is 12.1 Å². The van der Waals surface area contributed by atoms with Crippen molar-refractivity contribution >= 4 is 5.97 Å². The molecule has 0 heterocycles. The molecule has 30 heavy (non-hydrogen) atoms. The van der Waals surface area contributed by atoms with E-state index in [1.807, 2.05) is 0 Å². The minimum atomic E-state index is -0.0888. The summed E-state index contributed by atoms with van der Waals surface area (Å²) in [6, 6.07) is 0. The van der Waals surface area contributed by atoms with Crippen LogP contribution in [0.2, 0.25) is 0 Å². The van der Waals surface area contributed by atoms with Gasteiger partial charge in [0.05, 0.1) is 0 Å². The molecule has 0 N–H and O–H groups in total. The van der Waals surface area contributed by atoms with Gasteiger partial charge in [-0.3, -0.25) is 4.79 Å². The van der Waals surface area contributed by atoms with E-state index in [-0.39, 0.29) is 12.1 Å². The highest BCUT2D eigenvalue weighted by molar-refractivity contribution is 5.66. The molecule has 2 heteroatoms. The summed E-state index contributed by atoms with van der Waals surface area (Å²) in [5.41, 5.74) is 0.560. The van der Waals surface area contributed by atoms with Crippen molar-refractivity contribution in [3.8, 4) is 0 Å². The van der Waals surface area contributed by atoms with Crippen molar-refractivity contribution in [3.63, 3.8) is 0 Å². The van der Waals surface area contributed by atoms with Gasteiger partial charge in [-0.1, -0.05) is 39.8 Å². The van der Waals surface area contributed by atoms with Gasteiger partial charge in [-0.15, -0.1) is 0 Å². The number of carbonyl (C=O) groups is 1. The van der Waals surface area contributed by atoms with Gasteiger partial charge in [0, 0.05) is 6.92 Å². The molecule has 4 saturated carbocycles.